The van der Waals surface area contributed by atoms with Crippen LogP contribution in [0.25, 0.3) is 11.3 Å². The number of hydrazine groups is 1. The van der Waals surface area contributed by atoms with Crippen LogP contribution in [0.2, 0.25) is 0 Å². The maximum Gasteiger partial charge on any atom is 0.197 e. The second kappa shape index (κ2) is 2.96. The van der Waals surface area contributed by atoms with Crippen LogP contribution in [0, 0.1) is 0 Å². The molecule has 62 valence electrons. The van der Waals surface area contributed by atoms with Crippen molar-refractivity contribution in [3.05, 3.63) is 23.8 Å². The third kappa shape index (κ3) is 1.19. The summed E-state index contributed by atoms with van der Waals surface area (Å²) in [5.74, 6) is 5.21. The number of hydrogen-bond donors (Lipinski definition) is 3. The third-order valence-electron chi connectivity index (χ3n) is 1.52. The van der Waals surface area contributed by atoms with E-state index in [0.717, 1.165) is 16.4 Å². The Bertz CT molecular complexity index is 351. The van der Waals surface area contributed by atoms with Gasteiger partial charge in [-0.25, -0.2) is 10.8 Å². The molecule has 0 aliphatic rings. The highest BCUT2D eigenvalue weighted by Crippen LogP contribution is 2.23. The highest BCUT2D eigenvalue weighted by Gasteiger charge is 2.02. The molecule has 2 heterocycles. The summed E-state index contributed by atoms with van der Waals surface area (Å²) in [5, 5.41) is 2.68. The predicted octanol–water partition coefficient (Wildman–Crippen LogP) is 1.42. The molecule has 2 aromatic heterocycles. The lowest BCUT2D eigenvalue weighted by Gasteiger charge is -1.89. The van der Waals surface area contributed by atoms with Gasteiger partial charge in [0.25, 0.3) is 0 Å². The van der Waals surface area contributed by atoms with Gasteiger partial charge in [-0.1, -0.05) is 0 Å². The summed E-state index contributed by atoms with van der Waals surface area (Å²) < 4.78 is 0. The lowest BCUT2D eigenvalue weighted by Crippen LogP contribution is -2.05. The number of hydrogen-bond acceptors (Lipinski definition) is 4. The van der Waals surface area contributed by atoms with Gasteiger partial charge < -0.3 is 4.98 Å². The first kappa shape index (κ1) is 7.33. The number of thiazole rings is 1. The molecule has 4 N–H and O–H groups in total. The van der Waals surface area contributed by atoms with E-state index in [0.29, 0.717) is 0 Å². The number of rotatable bonds is 2. The summed E-state index contributed by atoms with van der Waals surface area (Å²) in [6.45, 7) is 0. The van der Waals surface area contributed by atoms with Crippen LogP contribution in [0.1, 0.15) is 0 Å². The minimum Gasteiger partial charge on any atom is -0.367 e. The molecule has 2 rings (SSSR count). The average molecular weight is 180 g/mol. The molecular weight excluding hydrogens is 172 g/mol. The van der Waals surface area contributed by atoms with Crippen molar-refractivity contribution in [3.8, 4) is 11.3 Å². The summed E-state index contributed by atoms with van der Waals surface area (Å²) >= 11 is 1.49. The Morgan fingerprint density at radius 1 is 1.58 bits per heavy atom. The van der Waals surface area contributed by atoms with Gasteiger partial charge in [-0.05, 0) is 6.07 Å². The van der Waals surface area contributed by atoms with Crippen LogP contribution in [-0.4, -0.2) is 9.97 Å². The van der Waals surface area contributed by atoms with Gasteiger partial charge in [-0.3, -0.25) is 5.43 Å². The molecule has 5 heteroatoms. The summed E-state index contributed by atoms with van der Waals surface area (Å²) in [5.41, 5.74) is 4.52. The van der Waals surface area contributed by atoms with Crippen molar-refractivity contribution >= 4 is 16.5 Å². The van der Waals surface area contributed by atoms with Crippen LogP contribution in [0.3, 0.4) is 0 Å². The quantitative estimate of drug-likeness (QED) is 0.483. The second-order valence-electron chi connectivity index (χ2n) is 2.28. The van der Waals surface area contributed by atoms with Crippen molar-refractivity contribution in [2.24, 2.45) is 5.84 Å². The molecule has 0 aliphatic heterocycles. The summed E-state index contributed by atoms with van der Waals surface area (Å²) in [4.78, 5) is 7.20. The highest BCUT2D eigenvalue weighted by atomic mass is 32.1. The smallest absolute Gasteiger partial charge is 0.197 e. The molecule has 4 nitrogen and oxygen atoms in total. The number of anilines is 1. The topological polar surface area (TPSA) is 66.7 Å². The zero-order chi connectivity index (χ0) is 8.39. The van der Waals surface area contributed by atoms with E-state index >= 15 is 0 Å². The molecule has 0 fully saturated rings. The Balaban J connectivity index is 2.35. The van der Waals surface area contributed by atoms with Crippen molar-refractivity contribution in [1.82, 2.24) is 9.97 Å². The van der Waals surface area contributed by atoms with Crippen molar-refractivity contribution in [2.45, 2.75) is 0 Å². The fraction of sp³-hybridized carbons (Fsp3) is 0. The molecule has 2 aromatic rings. The number of nitrogens with one attached hydrogen (secondary N) is 2. The minimum absolute atomic E-state index is 0.728. The molecule has 0 atom stereocenters. The number of nitrogen functional groups attached to an aromatic ring is 1. The average Bonchev–Trinajstić information content (AvgIpc) is 2.75. The predicted molar refractivity (Wildman–Crippen MR) is 49.7 cm³/mol. The maximum absolute atomic E-state index is 5.21. The van der Waals surface area contributed by atoms with Gasteiger partial charge in [0.2, 0.25) is 0 Å². The number of aromatic nitrogens is 2. The number of H-pyrrole nitrogens is 1. The number of aromatic amines is 1. The molecule has 0 spiro atoms. The van der Waals surface area contributed by atoms with Crippen molar-refractivity contribution in [3.63, 3.8) is 0 Å². The van der Waals surface area contributed by atoms with Gasteiger partial charge in [0, 0.05) is 23.3 Å². The van der Waals surface area contributed by atoms with Gasteiger partial charge in [-0.2, -0.15) is 0 Å². The van der Waals surface area contributed by atoms with E-state index in [1.165, 1.54) is 11.3 Å². The maximum atomic E-state index is 5.21. The molecular formula is C7H8N4S. The van der Waals surface area contributed by atoms with Crippen molar-refractivity contribution < 1.29 is 0 Å². The van der Waals surface area contributed by atoms with E-state index in [-0.39, 0.29) is 0 Å². The van der Waals surface area contributed by atoms with Crippen LogP contribution in [-0.2, 0) is 0 Å². The SMILES string of the molecule is NNc1nc(-c2cc[nH]c2)cs1. The molecule has 12 heavy (non-hydrogen) atoms. The largest absolute Gasteiger partial charge is 0.367 e. The second-order valence-corrected chi connectivity index (χ2v) is 3.14. The Hall–Kier alpha value is -1.33. The van der Waals surface area contributed by atoms with Crippen LogP contribution in [0.4, 0.5) is 5.13 Å². The Morgan fingerprint density at radius 3 is 3.08 bits per heavy atom. The van der Waals surface area contributed by atoms with Gasteiger partial charge in [-0.15, -0.1) is 11.3 Å². The van der Waals surface area contributed by atoms with Gasteiger partial charge in [0.05, 0.1) is 5.69 Å². The van der Waals surface area contributed by atoms with E-state index in [4.69, 9.17) is 5.84 Å². The third-order valence-corrected chi connectivity index (χ3v) is 2.29. The van der Waals surface area contributed by atoms with Gasteiger partial charge in [0.1, 0.15) is 0 Å². The van der Waals surface area contributed by atoms with Crippen molar-refractivity contribution in [2.75, 3.05) is 5.43 Å². The molecule has 0 bridgehead atoms. The van der Waals surface area contributed by atoms with E-state index in [1.54, 1.807) is 0 Å². The van der Waals surface area contributed by atoms with Crippen LogP contribution in [0.15, 0.2) is 23.8 Å². The van der Waals surface area contributed by atoms with E-state index in [2.05, 4.69) is 15.4 Å². The zero-order valence-corrected chi connectivity index (χ0v) is 7.06. The highest BCUT2D eigenvalue weighted by molar-refractivity contribution is 7.14. The molecule has 0 saturated carbocycles. The van der Waals surface area contributed by atoms with Crippen LogP contribution < -0.4 is 11.3 Å². The molecule has 0 saturated heterocycles. The summed E-state index contributed by atoms with van der Waals surface area (Å²) in [6, 6.07) is 1.97. The Kier molecular flexibility index (Phi) is 1.81. The first-order valence-electron chi connectivity index (χ1n) is 3.45. The number of nitrogens with zero attached hydrogens (tertiary/aromatic N) is 1. The molecule has 0 unspecified atom stereocenters. The summed E-state index contributed by atoms with van der Waals surface area (Å²) in [7, 11) is 0. The fourth-order valence-electron chi connectivity index (χ4n) is 0.956. The van der Waals surface area contributed by atoms with Crippen molar-refractivity contribution in [1.29, 1.82) is 0 Å². The lowest BCUT2D eigenvalue weighted by atomic mass is 10.3. The monoisotopic (exact) mass is 180 g/mol. The van der Waals surface area contributed by atoms with Gasteiger partial charge >= 0.3 is 0 Å². The van der Waals surface area contributed by atoms with E-state index in [9.17, 15) is 0 Å². The molecule has 0 radical (unpaired) electrons. The standard InChI is InChI=1S/C7H8N4S/c8-11-7-10-6(4-12-7)5-1-2-9-3-5/h1-4,9H,8H2,(H,10,11). The summed E-state index contributed by atoms with van der Waals surface area (Å²) in [6.07, 6.45) is 3.76. The normalized spacial score (nSPS) is 10.1. The Morgan fingerprint density at radius 2 is 2.50 bits per heavy atom. The minimum atomic E-state index is 0.728. The molecule has 0 amide bonds. The first-order chi connectivity index (χ1) is 5.90. The van der Waals surface area contributed by atoms with Gasteiger partial charge in [0.15, 0.2) is 5.13 Å². The van der Waals surface area contributed by atoms with Crippen LogP contribution in [0.5, 0.6) is 0 Å². The molecule has 0 aliphatic carbocycles. The van der Waals surface area contributed by atoms with E-state index in [1.807, 2.05) is 23.8 Å². The van der Waals surface area contributed by atoms with E-state index < -0.39 is 0 Å². The molecule has 0 aromatic carbocycles. The fourth-order valence-corrected chi connectivity index (χ4v) is 1.59. The van der Waals surface area contributed by atoms with Crippen LogP contribution >= 0.6 is 11.3 Å². The first-order valence-corrected chi connectivity index (χ1v) is 4.33. The number of nitrogens with two attached hydrogens (primary N) is 1. The lowest BCUT2D eigenvalue weighted by molar-refractivity contribution is 1.29. The zero-order valence-electron chi connectivity index (χ0n) is 6.24. The Labute approximate surface area is 73.4 Å².